The standard InChI is InChI=1S/C14H23ClN2S/c1-11(2)16-10-12-9-13(15)5-6-14(12)18-8-7-17(3)4/h5-6,9,11,16H,7-8,10H2,1-4H3. The number of benzene rings is 1. The van der Waals surface area contributed by atoms with Crippen molar-refractivity contribution in [3.05, 3.63) is 28.8 Å². The Morgan fingerprint density at radius 2 is 2.06 bits per heavy atom. The van der Waals surface area contributed by atoms with Crippen molar-refractivity contribution in [1.29, 1.82) is 0 Å². The van der Waals surface area contributed by atoms with Gasteiger partial charge in [-0.15, -0.1) is 11.8 Å². The molecule has 18 heavy (non-hydrogen) atoms. The first kappa shape index (κ1) is 15.8. The summed E-state index contributed by atoms with van der Waals surface area (Å²) in [5.41, 5.74) is 1.29. The van der Waals surface area contributed by atoms with E-state index in [2.05, 4.69) is 50.3 Å². The average molecular weight is 287 g/mol. The Kier molecular flexibility index (Phi) is 7.08. The Morgan fingerprint density at radius 1 is 1.33 bits per heavy atom. The van der Waals surface area contributed by atoms with Gasteiger partial charge in [-0.2, -0.15) is 0 Å². The number of rotatable bonds is 7. The van der Waals surface area contributed by atoms with Crippen molar-refractivity contribution < 1.29 is 0 Å². The van der Waals surface area contributed by atoms with Gasteiger partial charge in [-0.05, 0) is 37.9 Å². The van der Waals surface area contributed by atoms with Gasteiger partial charge in [0.25, 0.3) is 0 Å². The lowest BCUT2D eigenvalue weighted by molar-refractivity contribution is 0.437. The summed E-state index contributed by atoms with van der Waals surface area (Å²) in [4.78, 5) is 3.53. The summed E-state index contributed by atoms with van der Waals surface area (Å²) in [6.45, 7) is 6.28. The van der Waals surface area contributed by atoms with E-state index in [0.29, 0.717) is 6.04 Å². The van der Waals surface area contributed by atoms with Crippen molar-refractivity contribution in [3.8, 4) is 0 Å². The second kappa shape index (κ2) is 8.05. The Bertz CT molecular complexity index is 367. The molecule has 0 saturated heterocycles. The van der Waals surface area contributed by atoms with Crippen LogP contribution in [0, 0.1) is 0 Å². The Hall–Kier alpha value is -0.220. The van der Waals surface area contributed by atoms with E-state index in [-0.39, 0.29) is 0 Å². The van der Waals surface area contributed by atoms with Crippen LogP contribution in [0.3, 0.4) is 0 Å². The van der Waals surface area contributed by atoms with Gasteiger partial charge in [0.15, 0.2) is 0 Å². The van der Waals surface area contributed by atoms with Crippen LogP contribution in [-0.2, 0) is 6.54 Å². The fraction of sp³-hybridized carbons (Fsp3) is 0.571. The second-order valence-electron chi connectivity index (χ2n) is 4.94. The molecular formula is C14H23ClN2S. The predicted molar refractivity (Wildman–Crippen MR) is 82.7 cm³/mol. The zero-order valence-corrected chi connectivity index (χ0v) is 13.2. The van der Waals surface area contributed by atoms with Crippen LogP contribution in [0.2, 0.25) is 5.02 Å². The third-order valence-corrected chi connectivity index (χ3v) is 3.85. The van der Waals surface area contributed by atoms with E-state index in [1.807, 2.05) is 17.8 Å². The summed E-state index contributed by atoms with van der Waals surface area (Å²) < 4.78 is 0. The smallest absolute Gasteiger partial charge is 0.0410 e. The summed E-state index contributed by atoms with van der Waals surface area (Å²) in [6.07, 6.45) is 0. The molecule has 0 aliphatic heterocycles. The van der Waals surface area contributed by atoms with Crippen LogP contribution < -0.4 is 5.32 Å². The van der Waals surface area contributed by atoms with Gasteiger partial charge in [0.1, 0.15) is 0 Å². The zero-order chi connectivity index (χ0) is 13.5. The normalized spacial score (nSPS) is 11.5. The largest absolute Gasteiger partial charge is 0.310 e. The molecule has 4 heteroatoms. The number of hydrogen-bond donors (Lipinski definition) is 1. The summed E-state index contributed by atoms with van der Waals surface area (Å²) >= 11 is 7.97. The van der Waals surface area contributed by atoms with Crippen LogP contribution in [0.4, 0.5) is 0 Å². The highest BCUT2D eigenvalue weighted by Crippen LogP contribution is 2.25. The third kappa shape index (κ3) is 6.10. The van der Waals surface area contributed by atoms with Crippen LogP contribution in [0.15, 0.2) is 23.1 Å². The molecule has 1 aromatic carbocycles. The first-order valence-electron chi connectivity index (χ1n) is 6.28. The molecule has 0 aliphatic carbocycles. The van der Waals surface area contributed by atoms with Gasteiger partial charge in [-0.25, -0.2) is 0 Å². The van der Waals surface area contributed by atoms with Crippen LogP contribution in [0.25, 0.3) is 0 Å². The minimum Gasteiger partial charge on any atom is -0.310 e. The Balaban J connectivity index is 2.64. The molecule has 0 aliphatic rings. The maximum absolute atomic E-state index is 6.07. The second-order valence-corrected chi connectivity index (χ2v) is 6.51. The fourth-order valence-corrected chi connectivity index (χ4v) is 2.83. The molecule has 1 aromatic rings. The number of hydrogen-bond acceptors (Lipinski definition) is 3. The minimum atomic E-state index is 0.489. The monoisotopic (exact) mass is 286 g/mol. The quantitative estimate of drug-likeness (QED) is 0.773. The van der Waals surface area contributed by atoms with Crippen molar-refractivity contribution in [3.63, 3.8) is 0 Å². The first-order valence-corrected chi connectivity index (χ1v) is 7.64. The van der Waals surface area contributed by atoms with Gasteiger partial charge < -0.3 is 10.2 Å². The molecular weight excluding hydrogens is 264 g/mol. The molecule has 0 unspecified atom stereocenters. The average Bonchev–Trinajstić information content (AvgIpc) is 2.28. The number of nitrogens with one attached hydrogen (secondary N) is 1. The van der Waals surface area contributed by atoms with Crippen molar-refractivity contribution in [2.24, 2.45) is 0 Å². The van der Waals surface area contributed by atoms with Crippen LogP contribution >= 0.6 is 23.4 Å². The Labute approximate surface area is 120 Å². The van der Waals surface area contributed by atoms with Gasteiger partial charge in [-0.3, -0.25) is 0 Å². The van der Waals surface area contributed by atoms with E-state index < -0.39 is 0 Å². The number of thioether (sulfide) groups is 1. The van der Waals surface area contributed by atoms with Crippen LogP contribution in [-0.4, -0.2) is 37.3 Å². The van der Waals surface area contributed by atoms with Gasteiger partial charge >= 0.3 is 0 Å². The first-order chi connectivity index (χ1) is 8.49. The van der Waals surface area contributed by atoms with E-state index >= 15 is 0 Å². The summed E-state index contributed by atoms with van der Waals surface area (Å²) in [5.74, 6) is 1.10. The topological polar surface area (TPSA) is 15.3 Å². The van der Waals surface area contributed by atoms with Gasteiger partial charge in [0.2, 0.25) is 0 Å². The highest BCUT2D eigenvalue weighted by molar-refractivity contribution is 7.99. The lowest BCUT2D eigenvalue weighted by Crippen LogP contribution is -2.22. The van der Waals surface area contributed by atoms with Crippen molar-refractivity contribution in [2.75, 3.05) is 26.4 Å². The molecule has 102 valence electrons. The minimum absolute atomic E-state index is 0.489. The zero-order valence-electron chi connectivity index (χ0n) is 11.7. The third-order valence-electron chi connectivity index (χ3n) is 2.52. The molecule has 1 rings (SSSR count). The maximum Gasteiger partial charge on any atom is 0.0410 e. The summed E-state index contributed by atoms with van der Waals surface area (Å²) in [6, 6.07) is 6.65. The van der Waals surface area contributed by atoms with Crippen LogP contribution in [0.1, 0.15) is 19.4 Å². The predicted octanol–water partition coefficient (Wildman–Crippen LogP) is 3.49. The lowest BCUT2D eigenvalue weighted by atomic mass is 10.2. The molecule has 2 nitrogen and oxygen atoms in total. The van der Waals surface area contributed by atoms with E-state index in [4.69, 9.17) is 11.6 Å². The van der Waals surface area contributed by atoms with Crippen molar-refractivity contribution >= 4 is 23.4 Å². The molecule has 0 aromatic heterocycles. The molecule has 0 atom stereocenters. The van der Waals surface area contributed by atoms with Gasteiger partial charge in [-0.1, -0.05) is 25.4 Å². The number of halogens is 1. The van der Waals surface area contributed by atoms with E-state index in [1.54, 1.807) is 0 Å². The van der Waals surface area contributed by atoms with Gasteiger partial charge in [0, 0.05) is 34.8 Å². The molecule has 0 saturated carbocycles. The summed E-state index contributed by atoms with van der Waals surface area (Å²) in [7, 11) is 4.20. The van der Waals surface area contributed by atoms with E-state index in [1.165, 1.54) is 10.5 Å². The molecule has 0 bridgehead atoms. The maximum atomic E-state index is 6.07. The SMILES string of the molecule is CC(C)NCc1cc(Cl)ccc1SCCN(C)C. The van der Waals surface area contributed by atoms with Gasteiger partial charge in [0.05, 0.1) is 0 Å². The molecule has 0 heterocycles. The highest BCUT2D eigenvalue weighted by Gasteiger charge is 2.05. The van der Waals surface area contributed by atoms with Crippen LogP contribution in [0.5, 0.6) is 0 Å². The fourth-order valence-electron chi connectivity index (χ4n) is 1.48. The number of nitrogens with zero attached hydrogens (tertiary/aromatic N) is 1. The summed E-state index contributed by atoms with van der Waals surface area (Å²) in [5, 5.41) is 4.26. The molecule has 0 spiro atoms. The molecule has 0 fully saturated rings. The Morgan fingerprint density at radius 3 is 2.67 bits per heavy atom. The van der Waals surface area contributed by atoms with Crippen molar-refractivity contribution in [1.82, 2.24) is 10.2 Å². The molecule has 0 amide bonds. The molecule has 0 radical (unpaired) electrons. The highest BCUT2D eigenvalue weighted by atomic mass is 35.5. The van der Waals surface area contributed by atoms with Crippen molar-refractivity contribution in [2.45, 2.75) is 31.3 Å². The molecule has 1 N–H and O–H groups in total. The van der Waals surface area contributed by atoms with E-state index in [9.17, 15) is 0 Å². The lowest BCUT2D eigenvalue weighted by Gasteiger charge is -2.14. The van der Waals surface area contributed by atoms with E-state index in [0.717, 1.165) is 23.9 Å².